The lowest BCUT2D eigenvalue weighted by Gasteiger charge is -2.11. The fraction of sp³-hybridized carbons (Fsp3) is 0.111. The molecule has 0 spiro atoms. The van der Waals surface area contributed by atoms with Gasteiger partial charge in [0.15, 0.2) is 5.16 Å². The molecule has 2 aromatic carbocycles. The van der Waals surface area contributed by atoms with Crippen LogP contribution in [0.3, 0.4) is 0 Å². The molecule has 0 fully saturated rings. The van der Waals surface area contributed by atoms with Gasteiger partial charge in [0.05, 0.1) is 11.4 Å². The largest absolute Gasteiger partial charge is 0.325 e. The number of fused-ring (bicyclic) bond motifs is 1. The van der Waals surface area contributed by atoms with Crippen molar-refractivity contribution >= 4 is 29.2 Å². The zero-order chi connectivity index (χ0) is 16.4. The topological polar surface area (TPSA) is 59.0 Å². The molecule has 2 heterocycles. The van der Waals surface area contributed by atoms with Crippen molar-refractivity contribution in [1.82, 2.24) is 9.55 Å². The lowest BCUT2D eigenvalue weighted by Crippen LogP contribution is -2.19. The smallest absolute Gasteiger partial charge is 0.323 e. The first-order valence-corrected chi connectivity index (χ1v) is 8.70. The van der Waals surface area contributed by atoms with Crippen LogP contribution in [0.4, 0.5) is 16.2 Å². The van der Waals surface area contributed by atoms with Crippen LogP contribution in [0.15, 0.2) is 66.0 Å². The molecule has 1 aromatic heterocycles. The predicted octanol–water partition coefficient (Wildman–Crippen LogP) is 4.30. The Labute approximate surface area is 144 Å². The highest BCUT2D eigenvalue weighted by molar-refractivity contribution is 7.99. The quantitative estimate of drug-likeness (QED) is 0.750. The number of nitrogens with one attached hydrogen (secondary N) is 2. The summed E-state index contributed by atoms with van der Waals surface area (Å²) < 4.78 is 2.15. The molecule has 0 saturated heterocycles. The van der Waals surface area contributed by atoms with E-state index in [1.165, 1.54) is 0 Å². The summed E-state index contributed by atoms with van der Waals surface area (Å²) in [4.78, 5) is 16.9. The average molecular weight is 336 g/mol. The number of hydrogen-bond acceptors (Lipinski definition) is 3. The Morgan fingerprint density at radius 1 is 1.04 bits per heavy atom. The van der Waals surface area contributed by atoms with Gasteiger partial charge in [-0.15, -0.1) is 0 Å². The van der Waals surface area contributed by atoms with E-state index in [0.29, 0.717) is 0 Å². The number of benzene rings is 2. The minimum Gasteiger partial charge on any atom is -0.325 e. The number of anilines is 2. The molecule has 2 N–H and O–H groups in total. The lowest BCUT2D eigenvalue weighted by atomic mass is 10.1. The SMILES string of the molecule is O=C(Nc1ccccc1)Nc1ccccc1-c1cn2c(n1)SCC2. The summed E-state index contributed by atoms with van der Waals surface area (Å²) >= 11 is 1.76. The summed E-state index contributed by atoms with van der Waals surface area (Å²) in [6.07, 6.45) is 2.05. The lowest BCUT2D eigenvalue weighted by molar-refractivity contribution is 0.262. The van der Waals surface area contributed by atoms with Gasteiger partial charge in [-0.2, -0.15) is 0 Å². The maximum absolute atomic E-state index is 12.3. The summed E-state index contributed by atoms with van der Waals surface area (Å²) in [7, 11) is 0. The molecule has 4 rings (SSSR count). The standard InChI is InChI=1S/C18H16N4OS/c23-17(19-13-6-2-1-3-7-13)20-15-9-5-4-8-14(15)16-12-22-10-11-24-18(22)21-16/h1-9,12H,10-11H2,(H2,19,20,23). The van der Waals surface area contributed by atoms with E-state index in [1.807, 2.05) is 60.8 Å². The number of imidazole rings is 1. The summed E-state index contributed by atoms with van der Waals surface area (Å²) in [6, 6.07) is 16.8. The normalized spacial score (nSPS) is 12.7. The van der Waals surface area contributed by atoms with Gasteiger partial charge in [0, 0.05) is 29.7 Å². The first-order chi connectivity index (χ1) is 11.8. The van der Waals surface area contributed by atoms with Gasteiger partial charge in [0.1, 0.15) is 0 Å². The molecule has 1 aliphatic heterocycles. The number of para-hydroxylation sites is 2. The molecule has 3 aromatic rings. The van der Waals surface area contributed by atoms with Gasteiger partial charge < -0.3 is 15.2 Å². The van der Waals surface area contributed by atoms with E-state index in [4.69, 9.17) is 0 Å². The minimum atomic E-state index is -0.269. The van der Waals surface area contributed by atoms with E-state index in [9.17, 15) is 4.79 Å². The fourth-order valence-electron chi connectivity index (χ4n) is 2.66. The Morgan fingerprint density at radius 3 is 2.67 bits per heavy atom. The molecule has 2 amide bonds. The molecule has 0 unspecified atom stereocenters. The van der Waals surface area contributed by atoms with Crippen LogP contribution in [-0.4, -0.2) is 21.3 Å². The zero-order valence-corrected chi connectivity index (χ0v) is 13.7. The Kier molecular flexibility index (Phi) is 3.96. The van der Waals surface area contributed by atoms with Crippen molar-refractivity contribution in [3.63, 3.8) is 0 Å². The third kappa shape index (κ3) is 3.00. The van der Waals surface area contributed by atoms with Crippen LogP contribution in [0.5, 0.6) is 0 Å². The minimum absolute atomic E-state index is 0.269. The highest BCUT2D eigenvalue weighted by Gasteiger charge is 2.17. The molecule has 5 nitrogen and oxygen atoms in total. The summed E-state index contributed by atoms with van der Waals surface area (Å²) in [5.41, 5.74) is 3.30. The predicted molar refractivity (Wildman–Crippen MR) is 97.5 cm³/mol. The third-order valence-electron chi connectivity index (χ3n) is 3.79. The van der Waals surface area contributed by atoms with Crippen LogP contribution in [0.2, 0.25) is 0 Å². The van der Waals surface area contributed by atoms with Gasteiger partial charge in [-0.1, -0.05) is 48.2 Å². The summed E-state index contributed by atoms with van der Waals surface area (Å²) in [5, 5.41) is 6.78. The average Bonchev–Trinajstić information content (AvgIpc) is 3.18. The molecule has 0 aliphatic carbocycles. The zero-order valence-electron chi connectivity index (χ0n) is 12.9. The van der Waals surface area contributed by atoms with E-state index < -0.39 is 0 Å². The first kappa shape index (κ1) is 14.8. The van der Waals surface area contributed by atoms with Crippen LogP contribution >= 0.6 is 11.8 Å². The molecule has 0 bridgehead atoms. The Balaban J connectivity index is 1.56. The van der Waals surface area contributed by atoms with Gasteiger partial charge in [0.25, 0.3) is 0 Å². The molecular weight excluding hydrogens is 320 g/mol. The van der Waals surface area contributed by atoms with Crippen molar-refractivity contribution < 1.29 is 4.79 Å². The molecular formula is C18H16N4OS. The number of amides is 2. The number of aryl methyl sites for hydroxylation is 1. The van der Waals surface area contributed by atoms with E-state index in [0.717, 1.165) is 40.1 Å². The van der Waals surface area contributed by atoms with E-state index in [2.05, 4.69) is 20.2 Å². The Morgan fingerprint density at radius 2 is 1.83 bits per heavy atom. The maximum Gasteiger partial charge on any atom is 0.323 e. The van der Waals surface area contributed by atoms with E-state index >= 15 is 0 Å². The van der Waals surface area contributed by atoms with Crippen molar-refractivity contribution in [3.05, 3.63) is 60.8 Å². The number of aromatic nitrogens is 2. The second kappa shape index (κ2) is 6.41. The van der Waals surface area contributed by atoms with Crippen LogP contribution in [0.25, 0.3) is 11.3 Å². The van der Waals surface area contributed by atoms with Crippen molar-refractivity contribution in [3.8, 4) is 11.3 Å². The van der Waals surface area contributed by atoms with Crippen molar-refractivity contribution in [2.75, 3.05) is 16.4 Å². The maximum atomic E-state index is 12.3. The molecule has 120 valence electrons. The fourth-order valence-corrected chi connectivity index (χ4v) is 3.60. The number of hydrogen-bond donors (Lipinski definition) is 2. The van der Waals surface area contributed by atoms with Crippen LogP contribution < -0.4 is 10.6 Å². The number of thioether (sulfide) groups is 1. The Hall–Kier alpha value is -2.73. The van der Waals surface area contributed by atoms with Crippen LogP contribution in [0.1, 0.15) is 0 Å². The van der Waals surface area contributed by atoms with Gasteiger partial charge >= 0.3 is 6.03 Å². The number of nitrogens with zero attached hydrogens (tertiary/aromatic N) is 2. The highest BCUT2D eigenvalue weighted by Crippen LogP contribution is 2.32. The van der Waals surface area contributed by atoms with Crippen molar-refractivity contribution in [2.24, 2.45) is 0 Å². The Bertz CT molecular complexity index is 854. The monoisotopic (exact) mass is 336 g/mol. The second-order valence-corrected chi connectivity index (χ2v) is 6.50. The second-order valence-electron chi connectivity index (χ2n) is 5.44. The number of rotatable bonds is 3. The van der Waals surface area contributed by atoms with Gasteiger partial charge in [-0.25, -0.2) is 9.78 Å². The molecule has 0 saturated carbocycles. The molecule has 0 radical (unpaired) electrons. The van der Waals surface area contributed by atoms with E-state index in [-0.39, 0.29) is 6.03 Å². The third-order valence-corrected chi connectivity index (χ3v) is 4.76. The summed E-state index contributed by atoms with van der Waals surface area (Å²) in [5.74, 6) is 1.07. The van der Waals surface area contributed by atoms with E-state index in [1.54, 1.807) is 11.8 Å². The van der Waals surface area contributed by atoms with Crippen molar-refractivity contribution in [2.45, 2.75) is 11.7 Å². The van der Waals surface area contributed by atoms with Crippen LogP contribution in [-0.2, 0) is 6.54 Å². The van der Waals surface area contributed by atoms with Crippen molar-refractivity contribution in [1.29, 1.82) is 0 Å². The van der Waals surface area contributed by atoms with Gasteiger partial charge in [0.2, 0.25) is 0 Å². The molecule has 24 heavy (non-hydrogen) atoms. The molecule has 6 heteroatoms. The molecule has 1 aliphatic rings. The number of urea groups is 1. The highest BCUT2D eigenvalue weighted by atomic mass is 32.2. The molecule has 0 atom stereocenters. The van der Waals surface area contributed by atoms with Gasteiger partial charge in [-0.05, 0) is 18.2 Å². The first-order valence-electron chi connectivity index (χ1n) is 7.72. The van der Waals surface area contributed by atoms with Crippen LogP contribution in [0, 0.1) is 0 Å². The summed E-state index contributed by atoms with van der Waals surface area (Å²) in [6.45, 7) is 0.983. The van der Waals surface area contributed by atoms with Gasteiger partial charge in [-0.3, -0.25) is 0 Å². The number of carbonyl (C=O) groups is 1. The number of carbonyl (C=O) groups excluding carboxylic acids is 1.